The van der Waals surface area contributed by atoms with Crippen molar-refractivity contribution in [3.8, 4) is 0 Å². The molecule has 1 N–H and O–H groups in total. The van der Waals surface area contributed by atoms with Crippen LogP contribution < -0.4 is 5.32 Å². The molecular formula is C13H19N3O2. The standard InChI is InChI=1S/C13H19N3O2/c1-3-13(2)11(17)16(12(18)15-13)14-9-10-7-5-4-6-8-10/h4-5,9-10H,3,6-8H2,1-2H3,(H,15,18)/b14-9-/t10-,13-/m0/s1. The van der Waals surface area contributed by atoms with Gasteiger partial charge < -0.3 is 5.32 Å². The van der Waals surface area contributed by atoms with Crippen molar-refractivity contribution < 1.29 is 9.59 Å². The number of nitrogens with zero attached hydrogens (tertiary/aromatic N) is 2. The molecule has 0 bridgehead atoms. The largest absolute Gasteiger partial charge is 0.346 e. The van der Waals surface area contributed by atoms with Crippen molar-refractivity contribution in [3.63, 3.8) is 0 Å². The Bertz CT molecular complexity index is 416. The summed E-state index contributed by atoms with van der Waals surface area (Å²) < 4.78 is 0. The van der Waals surface area contributed by atoms with Crippen LogP contribution in [-0.2, 0) is 4.79 Å². The van der Waals surface area contributed by atoms with Gasteiger partial charge in [-0.3, -0.25) is 4.79 Å². The lowest BCUT2D eigenvalue weighted by Gasteiger charge is -2.17. The van der Waals surface area contributed by atoms with E-state index < -0.39 is 11.6 Å². The molecule has 2 aliphatic rings. The predicted molar refractivity (Wildman–Crippen MR) is 69.0 cm³/mol. The normalized spacial score (nSPS) is 32.3. The molecule has 1 fully saturated rings. The fourth-order valence-corrected chi connectivity index (χ4v) is 2.13. The number of amides is 3. The number of nitrogens with one attached hydrogen (secondary N) is 1. The van der Waals surface area contributed by atoms with Crippen LogP contribution in [0.1, 0.15) is 39.5 Å². The number of hydrogen-bond acceptors (Lipinski definition) is 3. The summed E-state index contributed by atoms with van der Waals surface area (Å²) in [6, 6.07) is -0.424. The molecule has 0 aromatic heterocycles. The van der Waals surface area contributed by atoms with Gasteiger partial charge in [0.15, 0.2) is 0 Å². The Kier molecular flexibility index (Phi) is 3.50. The lowest BCUT2D eigenvalue weighted by Crippen LogP contribution is -2.42. The summed E-state index contributed by atoms with van der Waals surface area (Å²) in [5, 5.41) is 7.70. The van der Waals surface area contributed by atoms with E-state index in [1.54, 1.807) is 13.1 Å². The summed E-state index contributed by atoms with van der Waals surface area (Å²) in [7, 11) is 0. The van der Waals surface area contributed by atoms with Gasteiger partial charge in [-0.1, -0.05) is 19.1 Å². The van der Waals surface area contributed by atoms with Crippen LogP contribution in [0.15, 0.2) is 17.3 Å². The molecule has 1 aliphatic heterocycles. The topological polar surface area (TPSA) is 61.8 Å². The van der Waals surface area contributed by atoms with E-state index in [2.05, 4.69) is 22.6 Å². The van der Waals surface area contributed by atoms with Crippen LogP contribution in [0.5, 0.6) is 0 Å². The second-order valence-electron chi connectivity index (χ2n) is 5.04. The monoisotopic (exact) mass is 249 g/mol. The van der Waals surface area contributed by atoms with Crippen LogP contribution in [-0.4, -0.2) is 28.7 Å². The Labute approximate surface area is 107 Å². The molecule has 2 atom stereocenters. The highest BCUT2D eigenvalue weighted by Gasteiger charge is 2.46. The molecule has 0 spiro atoms. The highest BCUT2D eigenvalue weighted by molar-refractivity contribution is 6.06. The first kappa shape index (κ1) is 12.8. The van der Waals surface area contributed by atoms with Crippen LogP contribution >= 0.6 is 0 Å². The molecule has 0 saturated carbocycles. The van der Waals surface area contributed by atoms with Gasteiger partial charge in [0.05, 0.1) is 0 Å². The van der Waals surface area contributed by atoms with Crippen molar-refractivity contribution in [1.82, 2.24) is 10.3 Å². The minimum atomic E-state index is -0.805. The van der Waals surface area contributed by atoms with Crippen LogP contribution in [0.4, 0.5) is 4.79 Å². The zero-order chi connectivity index (χ0) is 13.2. The van der Waals surface area contributed by atoms with E-state index in [9.17, 15) is 9.59 Å². The van der Waals surface area contributed by atoms with Gasteiger partial charge in [-0.25, -0.2) is 4.79 Å². The second kappa shape index (κ2) is 4.92. The first-order valence-corrected chi connectivity index (χ1v) is 6.42. The molecule has 2 rings (SSSR count). The van der Waals surface area contributed by atoms with E-state index in [0.717, 1.165) is 24.3 Å². The Balaban J connectivity index is 2.05. The first-order chi connectivity index (χ1) is 8.57. The van der Waals surface area contributed by atoms with E-state index in [-0.39, 0.29) is 5.91 Å². The maximum absolute atomic E-state index is 12.1. The van der Waals surface area contributed by atoms with Gasteiger partial charge in [-0.15, -0.1) is 5.01 Å². The number of urea groups is 1. The SMILES string of the molecule is CC[C@]1(C)NC(=O)N(/N=C\[C@H]2CC=CCC2)C1=O. The number of allylic oxidation sites excluding steroid dienone is 2. The Morgan fingerprint density at radius 2 is 2.33 bits per heavy atom. The first-order valence-electron chi connectivity index (χ1n) is 6.42. The molecule has 1 aliphatic carbocycles. The number of carbonyl (C=O) groups excluding carboxylic acids is 2. The van der Waals surface area contributed by atoms with Crippen LogP contribution in [0, 0.1) is 5.92 Å². The smallest absolute Gasteiger partial charge is 0.322 e. The van der Waals surface area contributed by atoms with Crippen LogP contribution in [0.25, 0.3) is 0 Å². The zero-order valence-electron chi connectivity index (χ0n) is 10.8. The molecule has 0 aromatic rings. The molecule has 5 nitrogen and oxygen atoms in total. The number of hydrogen-bond donors (Lipinski definition) is 1. The molecule has 18 heavy (non-hydrogen) atoms. The Morgan fingerprint density at radius 3 is 2.89 bits per heavy atom. The molecule has 98 valence electrons. The fourth-order valence-electron chi connectivity index (χ4n) is 2.13. The summed E-state index contributed by atoms with van der Waals surface area (Å²) in [4.78, 5) is 23.8. The molecule has 3 amide bonds. The third-order valence-corrected chi connectivity index (χ3v) is 3.65. The maximum atomic E-state index is 12.1. The van der Waals surface area contributed by atoms with Crippen molar-refractivity contribution in [2.45, 2.75) is 45.1 Å². The molecule has 0 unspecified atom stereocenters. The van der Waals surface area contributed by atoms with E-state index >= 15 is 0 Å². The average Bonchev–Trinajstić information content (AvgIpc) is 2.60. The molecule has 1 saturated heterocycles. The second-order valence-corrected chi connectivity index (χ2v) is 5.04. The highest BCUT2D eigenvalue weighted by atomic mass is 16.2. The van der Waals surface area contributed by atoms with Crippen molar-refractivity contribution >= 4 is 18.2 Å². The summed E-state index contributed by atoms with van der Waals surface area (Å²) in [6.45, 7) is 3.60. The zero-order valence-corrected chi connectivity index (χ0v) is 10.8. The van der Waals surface area contributed by atoms with Gasteiger partial charge in [0.2, 0.25) is 0 Å². The number of hydrazone groups is 1. The minimum absolute atomic E-state index is 0.266. The molecule has 1 heterocycles. The van der Waals surface area contributed by atoms with Crippen molar-refractivity contribution in [3.05, 3.63) is 12.2 Å². The number of carbonyl (C=O) groups is 2. The van der Waals surface area contributed by atoms with Gasteiger partial charge >= 0.3 is 6.03 Å². The summed E-state index contributed by atoms with van der Waals surface area (Å²) in [5.41, 5.74) is -0.805. The average molecular weight is 249 g/mol. The quantitative estimate of drug-likeness (QED) is 0.472. The van der Waals surface area contributed by atoms with Crippen LogP contribution in [0.3, 0.4) is 0 Å². The summed E-state index contributed by atoms with van der Waals surface area (Å²) >= 11 is 0. The van der Waals surface area contributed by atoms with Gasteiger partial charge in [0.25, 0.3) is 5.91 Å². The lowest BCUT2D eigenvalue weighted by atomic mass is 9.96. The van der Waals surface area contributed by atoms with E-state index in [1.807, 2.05) is 6.92 Å². The van der Waals surface area contributed by atoms with Crippen LogP contribution in [0.2, 0.25) is 0 Å². The third kappa shape index (κ3) is 2.30. The summed E-state index contributed by atoms with van der Waals surface area (Å²) in [5.74, 6) is 0.0571. The summed E-state index contributed by atoms with van der Waals surface area (Å²) in [6.07, 6.45) is 9.53. The van der Waals surface area contributed by atoms with E-state index in [0.29, 0.717) is 12.3 Å². The molecule has 5 heteroatoms. The van der Waals surface area contributed by atoms with Crippen molar-refractivity contribution in [2.75, 3.05) is 0 Å². The molecular weight excluding hydrogens is 230 g/mol. The predicted octanol–water partition coefficient (Wildman–Crippen LogP) is 2.05. The maximum Gasteiger partial charge on any atom is 0.346 e. The third-order valence-electron chi connectivity index (χ3n) is 3.65. The van der Waals surface area contributed by atoms with Crippen molar-refractivity contribution in [1.29, 1.82) is 0 Å². The van der Waals surface area contributed by atoms with Gasteiger partial charge in [0, 0.05) is 6.21 Å². The van der Waals surface area contributed by atoms with E-state index in [1.165, 1.54) is 0 Å². The van der Waals surface area contributed by atoms with Gasteiger partial charge in [0.1, 0.15) is 5.54 Å². The Morgan fingerprint density at radius 1 is 1.56 bits per heavy atom. The minimum Gasteiger partial charge on any atom is -0.322 e. The molecule has 0 aromatic carbocycles. The lowest BCUT2D eigenvalue weighted by molar-refractivity contribution is -0.130. The van der Waals surface area contributed by atoms with Gasteiger partial charge in [-0.05, 0) is 38.5 Å². The van der Waals surface area contributed by atoms with E-state index in [4.69, 9.17) is 0 Å². The number of imide groups is 1. The van der Waals surface area contributed by atoms with Gasteiger partial charge in [-0.2, -0.15) is 5.10 Å². The highest BCUT2D eigenvalue weighted by Crippen LogP contribution is 2.22. The number of rotatable bonds is 3. The Hall–Kier alpha value is -1.65. The fraction of sp³-hybridized carbons (Fsp3) is 0.615. The molecule has 0 radical (unpaired) electrons. The van der Waals surface area contributed by atoms with Crippen molar-refractivity contribution in [2.24, 2.45) is 11.0 Å².